The minimum atomic E-state index is 0.446. The molecule has 4 nitrogen and oxygen atoms in total. The summed E-state index contributed by atoms with van der Waals surface area (Å²) in [5.41, 5.74) is 7.73. The highest BCUT2D eigenvalue weighted by Gasteiger charge is 2.16. The first kappa shape index (κ1) is 10.7. The van der Waals surface area contributed by atoms with Crippen LogP contribution in [0, 0.1) is 5.92 Å². The molecule has 0 fully saturated rings. The highest BCUT2D eigenvalue weighted by Crippen LogP contribution is 2.30. The zero-order chi connectivity index (χ0) is 11.5. The van der Waals surface area contributed by atoms with Gasteiger partial charge in [0.25, 0.3) is 0 Å². The van der Waals surface area contributed by atoms with Crippen molar-refractivity contribution in [2.75, 3.05) is 5.73 Å². The van der Waals surface area contributed by atoms with Crippen molar-refractivity contribution >= 4 is 5.82 Å². The molecule has 0 spiro atoms. The second-order valence-corrected chi connectivity index (χ2v) is 4.20. The van der Waals surface area contributed by atoms with Crippen molar-refractivity contribution in [2.24, 2.45) is 5.92 Å². The van der Waals surface area contributed by atoms with E-state index in [-0.39, 0.29) is 0 Å². The molecule has 16 heavy (non-hydrogen) atoms. The van der Waals surface area contributed by atoms with E-state index in [2.05, 4.69) is 24.0 Å². The van der Waals surface area contributed by atoms with Crippen molar-refractivity contribution in [1.82, 2.24) is 10.1 Å². The summed E-state index contributed by atoms with van der Waals surface area (Å²) < 4.78 is 5.27. The number of pyridine rings is 1. The van der Waals surface area contributed by atoms with Gasteiger partial charge in [-0.2, -0.15) is 0 Å². The van der Waals surface area contributed by atoms with E-state index in [1.165, 1.54) is 0 Å². The number of aromatic nitrogens is 2. The normalized spacial score (nSPS) is 10.9. The molecule has 0 aliphatic rings. The molecular weight excluding hydrogens is 202 g/mol. The Labute approximate surface area is 94.5 Å². The van der Waals surface area contributed by atoms with Gasteiger partial charge in [0.1, 0.15) is 5.76 Å². The molecule has 2 rings (SSSR count). The molecule has 84 valence electrons. The van der Waals surface area contributed by atoms with Gasteiger partial charge in [0.05, 0.1) is 5.56 Å². The monoisotopic (exact) mass is 217 g/mol. The van der Waals surface area contributed by atoms with Gasteiger partial charge in [-0.1, -0.05) is 19.0 Å². The number of nitrogens with zero attached hydrogens (tertiary/aromatic N) is 2. The fraction of sp³-hybridized carbons (Fsp3) is 0.333. The third kappa shape index (κ3) is 2.05. The molecular formula is C12H15N3O. The second-order valence-electron chi connectivity index (χ2n) is 4.20. The van der Waals surface area contributed by atoms with Crippen LogP contribution >= 0.6 is 0 Å². The molecule has 0 saturated heterocycles. The van der Waals surface area contributed by atoms with Crippen LogP contribution in [0.1, 0.15) is 19.6 Å². The van der Waals surface area contributed by atoms with Crippen LogP contribution in [0.15, 0.2) is 29.0 Å². The van der Waals surface area contributed by atoms with Crippen LogP contribution in [0.4, 0.5) is 5.82 Å². The first-order valence-corrected chi connectivity index (χ1v) is 5.33. The Morgan fingerprint density at radius 2 is 2.00 bits per heavy atom. The number of nitrogens with two attached hydrogens (primary N) is 1. The molecule has 0 aliphatic carbocycles. The zero-order valence-electron chi connectivity index (χ0n) is 9.47. The van der Waals surface area contributed by atoms with Gasteiger partial charge in [-0.15, -0.1) is 0 Å². The smallest absolute Gasteiger partial charge is 0.175 e. The van der Waals surface area contributed by atoms with Crippen LogP contribution in [0.2, 0.25) is 0 Å². The van der Waals surface area contributed by atoms with Gasteiger partial charge in [-0.3, -0.25) is 4.98 Å². The van der Waals surface area contributed by atoms with Gasteiger partial charge in [0.2, 0.25) is 0 Å². The van der Waals surface area contributed by atoms with Crippen molar-refractivity contribution < 1.29 is 4.52 Å². The standard InChI is InChI=1S/C12H15N3O/c1-8(2)7-10-11(12(13)15-16-10)9-3-5-14-6-4-9/h3-6,8H,7H2,1-2H3,(H2,13,15). The summed E-state index contributed by atoms with van der Waals surface area (Å²) in [7, 11) is 0. The SMILES string of the molecule is CC(C)Cc1onc(N)c1-c1ccncc1. The van der Waals surface area contributed by atoms with E-state index in [1.807, 2.05) is 12.1 Å². The molecule has 0 atom stereocenters. The molecule has 2 N–H and O–H groups in total. The molecule has 0 amide bonds. The summed E-state index contributed by atoms with van der Waals surface area (Å²) in [6.07, 6.45) is 4.31. The minimum absolute atomic E-state index is 0.446. The average molecular weight is 217 g/mol. The molecule has 0 saturated carbocycles. The Bertz CT molecular complexity index is 462. The summed E-state index contributed by atoms with van der Waals surface area (Å²) in [6.45, 7) is 4.27. The van der Waals surface area contributed by atoms with E-state index in [9.17, 15) is 0 Å². The van der Waals surface area contributed by atoms with Gasteiger partial charge in [-0.25, -0.2) is 0 Å². The fourth-order valence-corrected chi connectivity index (χ4v) is 1.68. The van der Waals surface area contributed by atoms with Crippen LogP contribution < -0.4 is 5.73 Å². The number of anilines is 1. The van der Waals surface area contributed by atoms with Crippen LogP contribution in [-0.2, 0) is 6.42 Å². The van der Waals surface area contributed by atoms with Crippen LogP contribution in [0.5, 0.6) is 0 Å². The fourth-order valence-electron chi connectivity index (χ4n) is 1.68. The van der Waals surface area contributed by atoms with Gasteiger partial charge in [0.15, 0.2) is 5.82 Å². The molecule has 0 aliphatic heterocycles. The van der Waals surface area contributed by atoms with Gasteiger partial charge in [-0.05, 0) is 23.6 Å². The van der Waals surface area contributed by atoms with E-state index >= 15 is 0 Å². The maximum Gasteiger partial charge on any atom is 0.175 e. The molecule has 4 heteroatoms. The average Bonchev–Trinajstić information content (AvgIpc) is 2.60. The zero-order valence-corrected chi connectivity index (χ0v) is 9.47. The van der Waals surface area contributed by atoms with Crippen molar-refractivity contribution in [1.29, 1.82) is 0 Å². The Kier molecular flexibility index (Phi) is 2.90. The first-order chi connectivity index (χ1) is 7.68. The van der Waals surface area contributed by atoms with Crippen molar-refractivity contribution in [3.63, 3.8) is 0 Å². The van der Waals surface area contributed by atoms with Crippen LogP contribution in [-0.4, -0.2) is 10.1 Å². The lowest BCUT2D eigenvalue weighted by Gasteiger charge is -2.04. The lowest BCUT2D eigenvalue weighted by atomic mass is 10.0. The largest absolute Gasteiger partial charge is 0.380 e. The Balaban J connectivity index is 2.43. The molecule has 2 heterocycles. The Morgan fingerprint density at radius 3 is 2.62 bits per heavy atom. The van der Waals surface area contributed by atoms with Crippen molar-refractivity contribution in [3.05, 3.63) is 30.3 Å². The van der Waals surface area contributed by atoms with Crippen molar-refractivity contribution in [3.8, 4) is 11.1 Å². The Hall–Kier alpha value is -1.84. The summed E-state index contributed by atoms with van der Waals surface area (Å²) in [6, 6.07) is 3.82. The number of nitrogen functional groups attached to an aromatic ring is 1. The van der Waals surface area contributed by atoms with Gasteiger partial charge >= 0.3 is 0 Å². The summed E-state index contributed by atoms with van der Waals surface area (Å²) in [4.78, 5) is 3.98. The van der Waals surface area contributed by atoms with Crippen LogP contribution in [0.25, 0.3) is 11.1 Å². The molecule has 2 aromatic heterocycles. The second kappa shape index (κ2) is 4.35. The molecule has 2 aromatic rings. The lowest BCUT2D eigenvalue weighted by Crippen LogP contribution is -1.95. The minimum Gasteiger partial charge on any atom is -0.380 e. The number of hydrogen-bond acceptors (Lipinski definition) is 4. The van der Waals surface area contributed by atoms with Crippen LogP contribution in [0.3, 0.4) is 0 Å². The van der Waals surface area contributed by atoms with E-state index < -0.39 is 0 Å². The summed E-state index contributed by atoms with van der Waals surface area (Å²) >= 11 is 0. The topological polar surface area (TPSA) is 64.9 Å². The number of rotatable bonds is 3. The van der Waals surface area contributed by atoms with E-state index in [1.54, 1.807) is 12.4 Å². The van der Waals surface area contributed by atoms with E-state index in [0.717, 1.165) is 23.3 Å². The molecule has 0 aromatic carbocycles. The number of hydrogen-bond donors (Lipinski definition) is 1. The third-order valence-corrected chi connectivity index (χ3v) is 2.35. The lowest BCUT2D eigenvalue weighted by molar-refractivity contribution is 0.372. The Morgan fingerprint density at radius 1 is 1.31 bits per heavy atom. The van der Waals surface area contributed by atoms with Gasteiger partial charge < -0.3 is 10.3 Å². The maximum absolute atomic E-state index is 5.82. The third-order valence-electron chi connectivity index (χ3n) is 2.35. The molecule has 0 unspecified atom stereocenters. The summed E-state index contributed by atoms with van der Waals surface area (Å²) in [5.74, 6) is 1.80. The first-order valence-electron chi connectivity index (χ1n) is 5.33. The van der Waals surface area contributed by atoms with E-state index in [4.69, 9.17) is 10.3 Å². The van der Waals surface area contributed by atoms with Gasteiger partial charge in [0, 0.05) is 18.8 Å². The van der Waals surface area contributed by atoms with E-state index in [0.29, 0.717) is 11.7 Å². The quantitative estimate of drug-likeness (QED) is 0.857. The predicted molar refractivity (Wildman–Crippen MR) is 62.7 cm³/mol. The highest BCUT2D eigenvalue weighted by molar-refractivity contribution is 5.75. The summed E-state index contributed by atoms with van der Waals surface area (Å²) in [5, 5.41) is 3.83. The highest BCUT2D eigenvalue weighted by atomic mass is 16.5. The van der Waals surface area contributed by atoms with Crippen molar-refractivity contribution in [2.45, 2.75) is 20.3 Å². The maximum atomic E-state index is 5.82. The molecule has 0 radical (unpaired) electrons. The molecule has 0 bridgehead atoms. The predicted octanol–water partition coefficient (Wildman–Crippen LogP) is 2.52.